The molecule has 0 aliphatic heterocycles. The van der Waals surface area contributed by atoms with Gasteiger partial charge in [0.05, 0.1) is 24.5 Å². The van der Waals surface area contributed by atoms with Gasteiger partial charge < -0.3 is 14.2 Å². The fourth-order valence-corrected chi connectivity index (χ4v) is 2.56. The smallest absolute Gasteiger partial charge is 0.338 e. The van der Waals surface area contributed by atoms with Gasteiger partial charge in [0.1, 0.15) is 0 Å². The lowest BCUT2D eigenvalue weighted by Crippen LogP contribution is -2.08. The van der Waals surface area contributed by atoms with Crippen molar-refractivity contribution in [3.05, 3.63) is 53.6 Å². The van der Waals surface area contributed by atoms with Crippen molar-refractivity contribution < 1.29 is 23.8 Å². The second-order valence-corrected chi connectivity index (χ2v) is 6.66. The largest absolute Gasteiger partial charge is 0.490 e. The van der Waals surface area contributed by atoms with E-state index in [1.54, 1.807) is 48.7 Å². The summed E-state index contributed by atoms with van der Waals surface area (Å²) in [6.45, 7) is 6.72. The molecule has 0 unspecified atom stereocenters. The van der Waals surface area contributed by atoms with Crippen molar-refractivity contribution in [2.45, 2.75) is 46.5 Å². The van der Waals surface area contributed by atoms with Crippen molar-refractivity contribution in [1.29, 1.82) is 0 Å². The van der Waals surface area contributed by atoms with Crippen molar-refractivity contribution in [2.75, 3.05) is 13.2 Å². The molecule has 0 N–H and O–H groups in total. The SMILES string of the molecule is CCCCOC(=O)c1ccc(N=Cc2ccc(OC(=O)CCC)c(OCC)c2)cc1. The third kappa shape index (κ3) is 7.35. The number of hydrogen-bond acceptors (Lipinski definition) is 6. The van der Waals surface area contributed by atoms with Crippen molar-refractivity contribution >= 4 is 23.8 Å². The molecule has 2 rings (SSSR count). The van der Waals surface area contributed by atoms with E-state index in [1.807, 2.05) is 20.8 Å². The Morgan fingerprint density at radius 1 is 0.967 bits per heavy atom. The zero-order valence-corrected chi connectivity index (χ0v) is 17.8. The summed E-state index contributed by atoms with van der Waals surface area (Å²) >= 11 is 0. The Kier molecular flexibility index (Phi) is 9.58. The number of benzene rings is 2. The molecule has 6 nitrogen and oxygen atoms in total. The molecule has 0 saturated heterocycles. The van der Waals surface area contributed by atoms with E-state index >= 15 is 0 Å². The minimum Gasteiger partial charge on any atom is -0.490 e. The van der Waals surface area contributed by atoms with E-state index in [4.69, 9.17) is 14.2 Å². The Hall–Kier alpha value is -3.15. The van der Waals surface area contributed by atoms with Crippen LogP contribution in [0.3, 0.4) is 0 Å². The molecule has 0 saturated carbocycles. The molecule has 0 atom stereocenters. The summed E-state index contributed by atoms with van der Waals surface area (Å²) in [6, 6.07) is 12.2. The highest BCUT2D eigenvalue weighted by Gasteiger charge is 2.10. The zero-order chi connectivity index (χ0) is 21.8. The lowest BCUT2D eigenvalue weighted by Gasteiger charge is -2.11. The first kappa shape index (κ1) is 23.1. The van der Waals surface area contributed by atoms with Crippen LogP contribution in [-0.2, 0) is 9.53 Å². The number of ether oxygens (including phenoxy) is 3. The Bertz CT molecular complexity index is 858. The maximum absolute atomic E-state index is 11.9. The third-order valence-corrected chi connectivity index (χ3v) is 4.14. The van der Waals surface area contributed by atoms with Crippen molar-refractivity contribution in [2.24, 2.45) is 4.99 Å². The van der Waals surface area contributed by atoms with Gasteiger partial charge in [-0.25, -0.2) is 4.79 Å². The standard InChI is InChI=1S/C24H29NO5/c1-4-7-15-29-24(27)19-10-12-20(13-11-19)25-17-18-9-14-21(22(16-18)28-6-3)30-23(26)8-5-2/h9-14,16-17H,4-8,15H2,1-3H3. The van der Waals surface area contributed by atoms with Crippen molar-refractivity contribution in [1.82, 2.24) is 0 Å². The first-order chi connectivity index (χ1) is 14.6. The van der Waals surface area contributed by atoms with Gasteiger partial charge in [-0.3, -0.25) is 9.79 Å². The molecule has 0 spiro atoms. The quantitative estimate of drug-likeness (QED) is 0.211. The van der Waals surface area contributed by atoms with Gasteiger partial charge in [0.15, 0.2) is 11.5 Å². The van der Waals surface area contributed by atoms with Crippen LogP contribution >= 0.6 is 0 Å². The highest BCUT2D eigenvalue weighted by molar-refractivity contribution is 5.90. The van der Waals surface area contributed by atoms with Gasteiger partial charge in [0, 0.05) is 12.6 Å². The van der Waals surface area contributed by atoms with Gasteiger partial charge in [0.2, 0.25) is 0 Å². The van der Waals surface area contributed by atoms with Crippen LogP contribution in [0.4, 0.5) is 5.69 Å². The molecule has 30 heavy (non-hydrogen) atoms. The first-order valence-corrected chi connectivity index (χ1v) is 10.4. The Morgan fingerprint density at radius 2 is 1.73 bits per heavy atom. The Labute approximate surface area is 177 Å². The van der Waals surface area contributed by atoms with E-state index in [-0.39, 0.29) is 11.9 Å². The van der Waals surface area contributed by atoms with Crippen LogP contribution in [0.15, 0.2) is 47.5 Å². The van der Waals surface area contributed by atoms with Gasteiger partial charge in [-0.05, 0) is 67.8 Å². The number of nitrogens with zero attached hydrogens (tertiary/aromatic N) is 1. The van der Waals surface area contributed by atoms with Crippen LogP contribution < -0.4 is 9.47 Å². The number of unbranched alkanes of at least 4 members (excludes halogenated alkanes) is 1. The van der Waals surface area contributed by atoms with E-state index in [2.05, 4.69) is 4.99 Å². The van der Waals surface area contributed by atoms with Gasteiger partial charge in [0.25, 0.3) is 0 Å². The molecule has 0 aromatic heterocycles. The molecule has 0 radical (unpaired) electrons. The number of hydrogen-bond donors (Lipinski definition) is 0. The van der Waals surface area contributed by atoms with Crippen LogP contribution in [0.25, 0.3) is 0 Å². The molecule has 0 amide bonds. The number of rotatable bonds is 11. The van der Waals surface area contributed by atoms with E-state index < -0.39 is 0 Å². The molecule has 2 aromatic rings. The summed E-state index contributed by atoms with van der Waals surface area (Å²) in [4.78, 5) is 28.2. The summed E-state index contributed by atoms with van der Waals surface area (Å²) in [5, 5.41) is 0. The van der Waals surface area contributed by atoms with Gasteiger partial charge in [-0.15, -0.1) is 0 Å². The molecule has 2 aromatic carbocycles. The minimum absolute atomic E-state index is 0.284. The number of carbonyl (C=O) groups is 2. The van der Waals surface area contributed by atoms with Crippen molar-refractivity contribution in [3.8, 4) is 11.5 Å². The second-order valence-electron chi connectivity index (χ2n) is 6.66. The van der Waals surface area contributed by atoms with E-state index in [9.17, 15) is 9.59 Å². The van der Waals surface area contributed by atoms with Crippen LogP contribution in [-0.4, -0.2) is 31.4 Å². The monoisotopic (exact) mass is 411 g/mol. The molecule has 0 aliphatic carbocycles. The highest BCUT2D eigenvalue weighted by atomic mass is 16.6. The maximum atomic E-state index is 11.9. The van der Waals surface area contributed by atoms with E-state index in [0.717, 1.165) is 24.8 Å². The maximum Gasteiger partial charge on any atom is 0.338 e. The molecule has 6 heteroatoms. The summed E-state index contributed by atoms with van der Waals surface area (Å²) in [7, 11) is 0. The second kappa shape index (κ2) is 12.4. The van der Waals surface area contributed by atoms with Gasteiger partial charge in [-0.2, -0.15) is 0 Å². The average Bonchev–Trinajstić information content (AvgIpc) is 2.74. The van der Waals surface area contributed by atoms with Gasteiger partial charge >= 0.3 is 11.9 Å². The minimum atomic E-state index is -0.325. The molecule has 0 aliphatic rings. The lowest BCUT2D eigenvalue weighted by molar-refractivity contribution is -0.134. The summed E-state index contributed by atoms with van der Waals surface area (Å²) in [6.07, 6.45) is 4.61. The Morgan fingerprint density at radius 3 is 2.40 bits per heavy atom. The molecule has 160 valence electrons. The number of aliphatic imine (C=N–C) groups is 1. The van der Waals surface area contributed by atoms with Crippen molar-refractivity contribution in [3.63, 3.8) is 0 Å². The fourth-order valence-electron chi connectivity index (χ4n) is 2.56. The van der Waals surface area contributed by atoms with E-state index in [1.165, 1.54) is 0 Å². The summed E-state index contributed by atoms with van der Waals surface area (Å²) in [5.74, 6) is 0.288. The van der Waals surface area contributed by atoms with Crippen LogP contribution in [0.5, 0.6) is 11.5 Å². The predicted octanol–water partition coefficient (Wildman–Crippen LogP) is 5.50. The van der Waals surface area contributed by atoms with Crippen LogP contribution in [0.1, 0.15) is 62.4 Å². The molecular formula is C24H29NO5. The third-order valence-electron chi connectivity index (χ3n) is 4.14. The lowest BCUT2D eigenvalue weighted by atomic mass is 10.2. The van der Waals surface area contributed by atoms with Crippen LogP contribution in [0, 0.1) is 0 Å². The molecule has 0 bridgehead atoms. The molecule has 0 heterocycles. The Balaban J connectivity index is 2.06. The molecular weight excluding hydrogens is 382 g/mol. The fraction of sp³-hybridized carbons (Fsp3) is 0.375. The normalized spacial score (nSPS) is 10.8. The van der Waals surface area contributed by atoms with Crippen LogP contribution in [0.2, 0.25) is 0 Å². The first-order valence-electron chi connectivity index (χ1n) is 10.4. The van der Waals surface area contributed by atoms with E-state index in [0.29, 0.717) is 42.4 Å². The zero-order valence-electron chi connectivity index (χ0n) is 17.8. The summed E-state index contributed by atoms with van der Waals surface area (Å²) in [5.41, 5.74) is 2.01. The number of esters is 2. The highest BCUT2D eigenvalue weighted by Crippen LogP contribution is 2.29. The predicted molar refractivity (Wildman–Crippen MR) is 117 cm³/mol. The topological polar surface area (TPSA) is 74.2 Å². The number of carbonyl (C=O) groups excluding carboxylic acids is 2. The van der Waals surface area contributed by atoms with Gasteiger partial charge in [-0.1, -0.05) is 20.3 Å². The summed E-state index contributed by atoms with van der Waals surface area (Å²) < 4.78 is 16.2. The molecule has 0 fully saturated rings. The average molecular weight is 411 g/mol.